The highest BCUT2D eigenvalue weighted by atomic mass is 35.5. The molecule has 8 heavy (non-hydrogen) atoms. The van der Waals surface area contributed by atoms with Gasteiger partial charge in [0.05, 0.1) is 5.75 Å². The van der Waals surface area contributed by atoms with Crippen molar-refractivity contribution in [2.75, 3.05) is 5.75 Å². The number of hydrogen-bond donors (Lipinski definition) is 0. The van der Waals surface area contributed by atoms with Gasteiger partial charge in [0, 0.05) is 5.41 Å². The minimum absolute atomic E-state index is 0. The Labute approximate surface area is 54.9 Å². The van der Waals surface area contributed by atoms with Crippen molar-refractivity contribution in [3.63, 3.8) is 0 Å². The summed E-state index contributed by atoms with van der Waals surface area (Å²) in [5.41, 5.74) is 0. The van der Waals surface area contributed by atoms with Crippen LogP contribution in [0.3, 0.4) is 0 Å². The normalized spacial score (nSPS) is 22.5. The van der Waals surface area contributed by atoms with Crippen molar-refractivity contribution in [3.05, 3.63) is 11.5 Å². The quantitative estimate of drug-likeness (QED) is 0.516. The molecule has 0 atom stereocenters. The first-order chi connectivity index (χ1) is 3.21. The monoisotopic (exact) mass is 154 g/mol. The molecule has 0 saturated heterocycles. The third kappa shape index (κ3) is 1.84. The second-order valence-electron chi connectivity index (χ2n) is 1.53. The molecule has 0 aromatic heterocycles. The molecule has 0 aromatic carbocycles. The third-order valence-electron chi connectivity index (χ3n) is 0.873. The summed E-state index contributed by atoms with van der Waals surface area (Å²) < 4.78 is 20.7. The molecular weight excluding hydrogens is 148 g/mol. The summed E-state index contributed by atoms with van der Waals surface area (Å²) in [7, 11) is -2.73. The van der Waals surface area contributed by atoms with Crippen LogP contribution in [0.25, 0.3) is 0 Å². The summed E-state index contributed by atoms with van der Waals surface area (Å²) in [6, 6.07) is 0. The van der Waals surface area contributed by atoms with Gasteiger partial charge in [0.15, 0.2) is 9.84 Å². The average Bonchev–Trinajstić information content (AvgIpc) is 1.84. The fourth-order valence-corrected chi connectivity index (χ4v) is 1.54. The largest absolute Gasteiger partial charge is 0.224 e. The molecule has 0 fully saturated rings. The molecule has 0 N–H and O–H groups in total. The fraction of sp³-hybridized carbons (Fsp3) is 0.500. The molecule has 0 radical (unpaired) electrons. The second kappa shape index (κ2) is 2.51. The number of rotatable bonds is 0. The lowest BCUT2D eigenvalue weighted by atomic mass is 10.5. The lowest BCUT2D eigenvalue weighted by Gasteiger charge is -1.79. The summed E-state index contributed by atoms with van der Waals surface area (Å²) >= 11 is 0. The number of halogens is 1. The van der Waals surface area contributed by atoms with E-state index in [0.717, 1.165) is 0 Å². The molecule has 4 heteroatoms. The molecule has 0 unspecified atom stereocenters. The number of hydrogen-bond acceptors (Lipinski definition) is 2. The van der Waals surface area contributed by atoms with Crippen molar-refractivity contribution >= 4 is 22.2 Å². The molecular formula is C4H7ClO2S. The smallest absolute Gasteiger partial charge is 0.171 e. The van der Waals surface area contributed by atoms with Crippen LogP contribution in [0.4, 0.5) is 0 Å². The van der Waals surface area contributed by atoms with Crippen LogP contribution in [0.5, 0.6) is 0 Å². The molecule has 0 aliphatic carbocycles. The van der Waals surface area contributed by atoms with Crippen molar-refractivity contribution in [2.45, 2.75) is 6.42 Å². The molecule has 48 valence electrons. The molecule has 0 spiro atoms. The van der Waals surface area contributed by atoms with Crippen molar-refractivity contribution < 1.29 is 8.42 Å². The Morgan fingerprint density at radius 3 is 2.12 bits per heavy atom. The highest BCUT2D eigenvalue weighted by molar-refractivity contribution is 7.94. The van der Waals surface area contributed by atoms with Crippen molar-refractivity contribution in [1.82, 2.24) is 0 Å². The zero-order chi connectivity index (χ0) is 5.33. The Hall–Kier alpha value is -0.0200. The molecule has 0 aromatic rings. The van der Waals surface area contributed by atoms with Crippen molar-refractivity contribution in [2.24, 2.45) is 0 Å². The van der Waals surface area contributed by atoms with Gasteiger partial charge < -0.3 is 0 Å². The highest BCUT2D eigenvalue weighted by Crippen LogP contribution is 2.04. The Morgan fingerprint density at radius 1 is 1.38 bits per heavy atom. The van der Waals surface area contributed by atoms with Gasteiger partial charge in [0.25, 0.3) is 0 Å². The zero-order valence-electron chi connectivity index (χ0n) is 4.20. The number of sulfone groups is 1. The highest BCUT2D eigenvalue weighted by Gasteiger charge is 2.08. The first kappa shape index (κ1) is 7.98. The zero-order valence-corrected chi connectivity index (χ0v) is 5.83. The van der Waals surface area contributed by atoms with Crippen molar-refractivity contribution in [1.29, 1.82) is 0 Å². The summed E-state index contributed by atoms with van der Waals surface area (Å²) in [5, 5.41) is 1.27. The van der Waals surface area contributed by atoms with E-state index in [1.807, 2.05) is 0 Å². The van der Waals surface area contributed by atoms with Gasteiger partial charge in [-0.3, -0.25) is 0 Å². The molecule has 1 heterocycles. The molecule has 1 aliphatic heterocycles. The standard InChI is InChI=1S/C4H6O2S.ClH/c5-7(6)3-1-2-4-7;/h1,3H,2,4H2;1H. The van der Waals surface area contributed by atoms with Crippen molar-refractivity contribution in [3.8, 4) is 0 Å². The van der Waals surface area contributed by atoms with E-state index in [1.165, 1.54) is 5.41 Å². The molecule has 0 amide bonds. The van der Waals surface area contributed by atoms with Crippen LogP contribution in [-0.2, 0) is 9.84 Å². The van der Waals surface area contributed by atoms with Gasteiger partial charge in [0.1, 0.15) is 0 Å². The molecule has 0 saturated carbocycles. The second-order valence-corrected chi connectivity index (χ2v) is 3.53. The lowest BCUT2D eigenvalue weighted by molar-refractivity contribution is 0.606. The predicted molar refractivity (Wildman–Crippen MR) is 34.8 cm³/mol. The summed E-state index contributed by atoms with van der Waals surface area (Å²) in [5.74, 6) is 0.312. The SMILES string of the molecule is Cl.O=S1(=O)C=CCC1. The van der Waals surface area contributed by atoms with Crippen LogP contribution >= 0.6 is 12.4 Å². The maximum absolute atomic E-state index is 10.3. The van der Waals surface area contributed by atoms with Crippen LogP contribution < -0.4 is 0 Å². The summed E-state index contributed by atoms with van der Waals surface area (Å²) in [6.45, 7) is 0. The third-order valence-corrected chi connectivity index (χ3v) is 2.28. The van der Waals surface area contributed by atoms with E-state index in [-0.39, 0.29) is 12.4 Å². The van der Waals surface area contributed by atoms with Gasteiger partial charge in [-0.05, 0) is 6.42 Å². The maximum atomic E-state index is 10.3. The topological polar surface area (TPSA) is 34.1 Å². The first-order valence-corrected chi connectivity index (χ1v) is 3.81. The molecule has 1 aliphatic rings. The van der Waals surface area contributed by atoms with Crippen LogP contribution in [0.2, 0.25) is 0 Å². The molecule has 1 rings (SSSR count). The predicted octanol–water partition coefficient (Wildman–Crippen LogP) is 0.740. The minimum Gasteiger partial charge on any atom is -0.224 e. The van der Waals surface area contributed by atoms with E-state index in [0.29, 0.717) is 12.2 Å². The van der Waals surface area contributed by atoms with E-state index in [9.17, 15) is 8.42 Å². The Kier molecular flexibility index (Phi) is 2.50. The van der Waals surface area contributed by atoms with Gasteiger partial charge in [-0.1, -0.05) is 6.08 Å². The van der Waals surface area contributed by atoms with Crippen LogP contribution in [-0.4, -0.2) is 14.2 Å². The van der Waals surface area contributed by atoms with Gasteiger partial charge in [-0.2, -0.15) is 0 Å². The van der Waals surface area contributed by atoms with Gasteiger partial charge in [-0.25, -0.2) is 8.42 Å². The Balaban J connectivity index is 0.000000490. The minimum atomic E-state index is -2.73. The van der Waals surface area contributed by atoms with Crippen LogP contribution in [0.15, 0.2) is 11.5 Å². The van der Waals surface area contributed by atoms with Gasteiger partial charge in [-0.15, -0.1) is 12.4 Å². The fourth-order valence-electron chi connectivity index (χ4n) is 0.515. The molecule has 0 bridgehead atoms. The van der Waals surface area contributed by atoms with Gasteiger partial charge >= 0.3 is 0 Å². The van der Waals surface area contributed by atoms with Crippen LogP contribution in [0.1, 0.15) is 6.42 Å². The molecule has 2 nitrogen and oxygen atoms in total. The number of allylic oxidation sites excluding steroid dienone is 1. The summed E-state index contributed by atoms with van der Waals surface area (Å²) in [6.07, 6.45) is 2.37. The lowest BCUT2D eigenvalue weighted by Crippen LogP contribution is -1.92. The summed E-state index contributed by atoms with van der Waals surface area (Å²) in [4.78, 5) is 0. The van der Waals surface area contributed by atoms with E-state index in [4.69, 9.17) is 0 Å². The van der Waals surface area contributed by atoms with Crippen LogP contribution in [0, 0.1) is 0 Å². The van der Waals surface area contributed by atoms with E-state index >= 15 is 0 Å². The maximum Gasteiger partial charge on any atom is 0.171 e. The Morgan fingerprint density at radius 2 is 2.00 bits per heavy atom. The van der Waals surface area contributed by atoms with E-state index < -0.39 is 9.84 Å². The van der Waals surface area contributed by atoms with E-state index in [1.54, 1.807) is 6.08 Å². The van der Waals surface area contributed by atoms with E-state index in [2.05, 4.69) is 0 Å². The van der Waals surface area contributed by atoms with Gasteiger partial charge in [0.2, 0.25) is 0 Å². The Bertz CT molecular complexity index is 180. The first-order valence-electron chi connectivity index (χ1n) is 2.10. The average molecular weight is 155 g/mol.